The SMILES string of the molecule is CC(C)Cc1ccc(C2=NC(c3ccc(CN4CC(CN)C4)c4ccccc34)=NC2)cc1C#N. The van der Waals surface area contributed by atoms with E-state index in [1.54, 1.807) is 0 Å². The maximum absolute atomic E-state index is 9.66. The van der Waals surface area contributed by atoms with Crippen LogP contribution < -0.4 is 5.73 Å². The third-order valence-electron chi connectivity index (χ3n) is 6.83. The summed E-state index contributed by atoms with van der Waals surface area (Å²) in [5, 5.41) is 12.1. The molecule has 0 radical (unpaired) electrons. The topological polar surface area (TPSA) is 77.8 Å². The molecular weight excluding hydrogens is 418 g/mol. The van der Waals surface area contributed by atoms with Gasteiger partial charge in [0.2, 0.25) is 0 Å². The zero-order chi connectivity index (χ0) is 23.7. The second-order valence-electron chi connectivity index (χ2n) is 9.89. The number of aliphatic imine (C=N–C) groups is 2. The molecule has 5 rings (SSSR count). The molecule has 5 nitrogen and oxygen atoms in total. The van der Waals surface area contributed by atoms with Crippen LogP contribution in [0.1, 0.15) is 41.7 Å². The van der Waals surface area contributed by atoms with Gasteiger partial charge in [-0.2, -0.15) is 5.26 Å². The summed E-state index contributed by atoms with van der Waals surface area (Å²) in [7, 11) is 0. The Morgan fingerprint density at radius 3 is 2.56 bits per heavy atom. The Morgan fingerprint density at radius 1 is 1.06 bits per heavy atom. The number of amidine groups is 1. The van der Waals surface area contributed by atoms with Crippen molar-refractivity contribution in [3.63, 3.8) is 0 Å². The largest absolute Gasteiger partial charge is 0.330 e. The minimum atomic E-state index is 0.510. The van der Waals surface area contributed by atoms with Crippen molar-refractivity contribution in [2.24, 2.45) is 27.6 Å². The molecule has 0 unspecified atom stereocenters. The second kappa shape index (κ2) is 9.50. The summed E-state index contributed by atoms with van der Waals surface area (Å²) in [5.41, 5.74) is 11.9. The van der Waals surface area contributed by atoms with E-state index >= 15 is 0 Å². The van der Waals surface area contributed by atoms with Crippen LogP contribution in [0.5, 0.6) is 0 Å². The predicted octanol–water partition coefficient (Wildman–Crippen LogP) is 4.55. The van der Waals surface area contributed by atoms with Gasteiger partial charge in [0, 0.05) is 25.2 Å². The maximum Gasteiger partial charge on any atom is 0.155 e. The molecule has 0 bridgehead atoms. The van der Waals surface area contributed by atoms with Crippen molar-refractivity contribution in [3.8, 4) is 6.07 Å². The summed E-state index contributed by atoms with van der Waals surface area (Å²) in [5.74, 6) is 1.91. The van der Waals surface area contributed by atoms with Gasteiger partial charge < -0.3 is 5.73 Å². The highest BCUT2D eigenvalue weighted by atomic mass is 15.2. The molecule has 34 heavy (non-hydrogen) atoms. The molecule has 0 saturated carbocycles. The van der Waals surface area contributed by atoms with Crippen molar-refractivity contribution in [2.75, 3.05) is 26.2 Å². The number of nitrogens with zero attached hydrogens (tertiary/aromatic N) is 4. The molecule has 2 aliphatic rings. The number of hydrogen-bond donors (Lipinski definition) is 1. The molecule has 172 valence electrons. The van der Waals surface area contributed by atoms with Gasteiger partial charge >= 0.3 is 0 Å². The first-order valence-electron chi connectivity index (χ1n) is 12.1. The lowest BCUT2D eigenvalue weighted by atomic mass is 9.95. The normalized spacial score (nSPS) is 16.4. The van der Waals surface area contributed by atoms with Crippen molar-refractivity contribution >= 4 is 22.3 Å². The van der Waals surface area contributed by atoms with Gasteiger partial charge in [-0.1, -0.05) is 62.4 Å². The fourth-order valence-electron chi connectivity index (χ4n) is 5.02. The van der Waals surface area contributed by atoms with Gasteiger partial charge in [0.15, 0.2) is 5.84 Å². The molecule has 2 heterocycles. The summed E-state index contributed by atoms with van der Waals surface area (Å²) < 4.78 is 0. The molecule has 0 spiro atoms. The smallest absolute Gasteiger partial charge is 0.155 e. The predicted molar refractivity (Wildman–Crippen MR) is 139 cm³/mol. The van der Waals surface area contributed by atoms with Crippen LogP contribution in [0.25, 0.3) is 10.8 Å². The number of rotatable bonds is 7. The quantitative estimate of drug-likeness (QED) is 0.575. The number of nitriles is 1. The lowest BCUT2D eigenvalue weighted by Crippen LogP contribution is -2.49. The summed E-state index contributed by atoms with van der Waals surface area (Å²) in [6.07, 6.45) is 0.903. The van der Waals surface area contributed by atoms with Crippen LogP contribution >= 0.6 is 0 Å². The number of nitrogens with two attached hydrogens (primary N) is 1. The van der Waals surface area contributed by atoms with Gasteiger partial charge in [0.1, 0.15) is 0 Å². The van der Waals surface area contributed by atoms with E-state index in [1.165, 1.54) is 16.3 Å². The highest BCUT2D eigenvalue weighted by Gasteiger charge is 2.26. The Bertz CT molecular complexity index is 1320. The molecular formula is C29H31N5. The van der Waals surface area contributed by atoms with E-state index in [0.717, 1.165) is 66.4 Å². The first kappa shape index (κ1) is 22.5. The Hall–Kier alpha value is -3.33. The molecule has 0 aromatic heterocycles. The minimum absolute atomic E-state index is 0.510. The van der Waals surface area contributed by atoms with Gasteiger partial charge in [-0.05, 0) is 58.3 Å². The number of benzene rings is 3. The van der Waals surface area contributed by atoms with Crippen molar-refractivity contribution < 1.29 is 0 Å². The summed E-state index contributed by atoms with van der Waals surface area (Å²) in [4.78, 5) is 12.2. The van der Waals surface area contributed by atoms with Crippen molar-refractivity contribution in [2.45, 2.75) is 26.8 Å². The minimum Gasteiger partial charge on any atom is -0.330 e. The first-order chi connectivity index (χ1) is 16.6. The molecule has 0 aliphatic carbocycles. The van der Waals surface area contributed by atoms with Crippen LogP contribution in [0, 0.1) is 23.2 Å². The number of hydrogen-bond acceptors (Lipinski definition) is 5. The van der Waals surface area contributed by atoms with E-state index in [4.69, 9.17) is 15.7 Å². The van der Waals surface area contributed by atoms with Crippen molar-refractivity contribution in [1.82, 2.24) is 4.90 Å². The second-order valence-corrected chi connectivity index (χ2v) is 9.89. The summed E-state index contributed by atoms with van der Waals surface area (Å²) >= 11 is 0. The molecule has 2 N–H and O–H groups in total. The van der Waals surface area contributed by atoms with E-state index in [0.29, 0.717) is 18.4 Å². The number of fused-ring (bicyclic) bond motifs is 1. The standard InChI is InChI=1S/C29H31N5/c1-19(2)11-21-7-8-22(12-24(21)14-31)28-15-32-29(33-28)27-10-9-23(18-34-16-20(13-30)17-34)25-5-3-4-6-26(25)27/h3-10,12,19-20H,11,13,15-18,30H2,1-2H3. The van der Waals surface area contributed by atoms with E-state index in [9.17, 15) is 5.26 Å². The van der Waals surface area contributed by atoms with Crippen LogP contribution in [0.2, 0.25) is 0 Å². The third kappa shape index (κ3) is 4.40. The molecule has 3 aromatic carbocycles. The van der Waals surface area contributed by atoms with E-state index in [2.05, 4.69) is 73.3 Å². The fraction of sp³-hybridized carbons (Fsp3) is 0.345. The maximum atomic E-state index is 9.66. The van der Waals surface area contributed by atoms with E-state index in [-0.39, 0.29) is 0 Å². The monoisotopic (exact) mass is 449 g/mol. The molecule has 1 fully saturated rings. The first-order valence-corrected chi connectivity index (χ1v) is 12.1. The Morgan fingerprint density at radius 2 is 1.82 bits per heavy atom. The van der Waals surface area contributed by atoms with Crippen LogP contribution in [0.3, 0.4) is 0 Å². The van der Waals surface area contributed by atoms with Gasteiger partial charge in [-0.25, -0.2) is 4.99 Å². The van der Waals surface area contributed by atoms with Crippen molar-refractivity contribution in [1.29, 1.82) is 5.26 Å². The van der Waals surface area contributed by atoms with Gasteiger partial charge in [0.25, 0.3) is 0 Å². The van der Waals surface area contributed by atoms with Crippen LogP contribution in [-0.2, 0) is 13.0 Å². The van der Waals surface area contributed by atoms with Crippen LogP contribution in [0.15, 0.2) is 64.6 Å². The molecule has 3 aromatic rings. The summed E-state index contributed by atoms with van der Waals surface area (Å²) in [6.45, 7) is 8.75. The Balaban J connectivity index is 1.42. The highest BCUT2D eigenvalue weighted by Crippen LogP contribution is 2.28. The molecule has 0 atom stereocenters. The van der Waals surface area contributed by atoms with Crippen LogP contribution in [-0.4, -0.2) is 42.6 Å². The van der Waals surface area contributed by atoms with Crippen LogP contribution in [0.4, 0.5) is 0 Å². The van der Waals surface area contributed by atoms with Gasteiger partial charge in [-0.15, -0.1) is 0 Å². The molecule has 5 heteroatoms. The van der Waals surface area contributed by atoms with Crippen molar-refractivity contribution in [3.05, 3.63) is 82.4 Å². The Kier molecular flexibility index (Phi) is 6.28. The zero-order valence-corrected chi connectivity index (χ0v) is 20.0. The zero-order valence-electron chi connectivity index (χ0n) is 20.0. The van der Waals surface area contributed by atoms with E-state index < -0.39 is 0 Å². The molecule has 0 amide bonds. The van der Waals surface area contributed by atoms with Gasteiger partial charge in [-0.3, -0.25) is 9.89 Å². The average molecular weight is 450 g/mol. The average Bonchev–Trinajstić information content (AvgIpc) is 3.31. The summed E-state index contributed by atoms with van der Waals surface area (Å²) in [6, 6.07) is 21.4. The number of likely N-dealkylation sites (tertiary alicyclic amines) is 1. The highest BCUT2D eigenvalue weighted by molar-refractivity contribution is 6.21. The van der Waals surface area contributed by atoms with E-state index in [1.807, 2.05) is 6.07 Å². The lowest BCUT2D eigenvalue weighted by Gasteiger charge is -2.38. The molecule has 2 aliphatic heterocycles. The molecule has 1 saturated heterocycles. The lowest BCUT2D eigenvalue weighted by molar-refractivity contribution is 0.0984. The van der Waals surface area contributed by atoms with Gasteiger partial charge in [0.05, 0.1) is 23.9 Å². The third-order valence-corrected chi connectivity index (χ3v) is 6.83. The fourth-order valence-corrected chi connectivity index (χ4v) is 5.02. The Labute approximate surface area is 201 Å².